The maximum atomic E-state index is 10.8. The van der Waals surface area contributed by atoms with Gasteiger partial charge in [-0.1, -0.05) is 6.07 Å². The van der Waals surface area contributed by atoms with Crippen molar-refractivity contribution in [3.05, 3.63) is 56.3 Å². The molecule has 0 saturated carbocycles. The first-order valence-electron chi connectivity index (χ1n) is 5.67. The molecule has 0 bridgehead atoms. The molecule has 100 valence electrons. The minimum atomic E-state index is -0.394. The zero-order valence-electron chi connectivity index (χ0n) is 10.3. The first-order valence-corrected chi connectivity index (χ1v) is 6.46. The number of hydrogen-bond donors (Lipinski definition) is 1. The lowest BCUT2D eigenvalue weighted by molar-refractivity contribution is -0.385. The SMILES string of the molecule is Cn1cc(CNCc2ccc(Br)c([N+](=O)[O-])c2)cn1. The molecule has 0 amide bonds. The minimum absolute atomic E-state index is 0.0840. The van der Waals surface area contributed by atoms with Crippen LogP contribution in [0.25, 0.3) is 0 Å². The van der Waals surface area contributed by atoms with Gasteiger partial charge in [-0.3, -0.25) is 14.8 Å². The van der Waals surface area contributed by atoms with E-state index in [1.807, 2.05) is 19.3 Å². The van der Waals surface area contributed by atoms with Gasteiger partial charge in [-0.05, 0) is 27.6 Å². The van der Waals surface area contributed by atoms with Gasteiger partial charge in [-0.25, -0.2) is 0 Å². The number of nitro groups is 1. The molecule has 19 heavy (non-hydrogen) atoms. The van der Waals surface area contributed by atoms with E-state index in [-0.39, 0.29) is 5.69 Å². The van der Waals surface area contributed by atoms with Crippen molar-refractivity contribution in [3.8, 4) is 0 Å². The van der Waals surface area contributed by atoms with Crippen LogP contribution in [0.3, 0.4) is 0 Å². The van der Waals surface area contributed by atoms with Crippen LogP contribution in [-0.4, -0.2) is 14.7 Å². The van der Waals surface area contributed by atoms with Crippen molar-refractivity contribution in [2.45, 2.75) is 13.1 Å². The van der Waals surface area contributed by atoms with Gasteiger partial charge < -0.3 is 5.32 Å². The second-order valence-electron chi connectivity index (χ2n) is 4.17. The predicted molar refractivity (Wildman–Crippen MR) is 74.5 cm³/mol. The van der Waals surface area contributed by atoms with E-state index >= 15 is 0 Å². The minimum Gasteiger partial charge on any atom is -0.308 e. The van der Waals surface area contributed by atoms with Gasteiger partial charge >= 0.3 is 0 Å². The molecule has 1 aromatic carbocycles. The number of hydrogen-bond acceptors (Lipinski definition) is 4. The third-order valence-corrected chi connectivity index (χ3v) is 3.29. The van der Waals surface area contributed by atoms with Crippen molar-refractivity contribution in [2.75, 3.05) is 0 Å². The van der Waals surface area contributed by atoms with Crippen molar-refractivity contribution in [1.82, 2.24) is 15.1 Å². The Morgan fingerprint density at radius 2 is 2.16 bits per heavy atom. The van der Waals surface area contributed by atoms with Gasteiger partial charge in [0.1, 0.15) is 0 Å². The zero-order valence-corrected chi connectivity index (χ0v) is 11.9. The maximum Gasteiger partial charge on any atom is 0.283 e. The van der Waals surface area contributed by atoms with Crippen LogP contribution in [0, 0.1) is 10.1 Å². The smallest absolute Gasteiger partial charge is 0.283 e. The molecule has 0 saturated heterocycles. The van der Waals surface area contributed by atoms with Crippen LogP contribution in [0.15, 0.2) is 35.1 Å². The summed E-state index contributed by atoms with van der Waals surface area (Å²) < 4.78 is 2.23. The number of rotatable bonds is 5. The molecule has 6 nitrogen and oxygen atoms in total. The number of nitro benzene ring substituents is 1. The third-order valence-electron chi connectivity index (χ3n) is 2.62. The van der Waals surface area contributed by atoms with Gasteiger partial charge in [-0.2, -0.15) is 5.10 Å². The molecular formula is C12H13BrN4O2. The van der Waals surface area contributed by atoms with E-state index in [0.29, 0.717) is 17.6 Å². The van der Waals surface area contributed by atoms with Gasteiger partial charge in [0.05, 0.1) is 15.6 Å². The maximum absolute atomic E-state index is 10.8. The van der Waals surface area contributed by atoms with Gasteiger partial charge in [0.25, 0.3) is 5.69 Å². The quantitative estimate of drug-likeness (QED) is 0.677. The topological polar surface area (TPSA) is 73.0 Å². The second kappa shape index (κ2) is 5.94. The van der Waals surface area contributed by atoms with E-state index in [2.05, 4.69) is 26.3 Å². The van der Waals surface area contributed by atoms with Crippen molar-refractivity contribution in [2.24, 2.45) is 7.05 Å². The Balaban J connectivity index is 1.96. The molecule has 0 radical (unpaired) electrons. The lowest BCUT2D eigenvalue weighted by Gasteiger charge is -2.04. The largest absolute Gasteiger partial charge is 0.308 e. The Hall–Kier alpha value is -1.73. The van der Waals surface area contributed by atoms with Crippen LogP contribution in [0.2, 0.25) is 0 Å². The van der Waals surface area contributed by atoms with Crippen LogP contribution in [-0.2, 0) is 20.1 Å². The van der Waals surface area contributed by atoms with E-state index in [1.165, 1.54) is 0 Å². The Labute approximate surface area is 118 Å². The summed E-state index contributed by atoms with van der Waals surface area (Å²) in [7, 11) is 1.86. The van der Waals surface area contributed by atoms with Crippen LogP contribution in [0.5, 0.6) is 0 Å². The summed E-state index contributed by atoms with van der Waals surface area (Å²) in [5.41, 5.74) is 2.04. The number of benzene rings is 1. The predicted octanol–water partition coefficient (Wildman–Crippen LogP) is 2.38. The summed E-state index contributed by atoms with van der Waals surface area (Å²) in [6.45, 7) is 1.25. The highest BCUT2D eigenvalue weighted by molar-refractivity contribution is 9.10. The molecule has 2 aromatic rings. The van der Waals surface area contributed by atoms with E-state index in [4.69, 9.17) is 0 Å². The fraction of sp³-hybridized carbons (Fsp3) is 0.250. The summed E-state index contributed by atoms with van der Waals surface area (Å²) in [5.74, 6) is 0. The molecule has 0 aliphatic rings. The van der Waals surface area contributed by atoms with Crippen LogP contribution in [0.4, 0.5) is 5.69 Å². The molecule has 0 spiro atoms. The molecule has 0 aliphatic carbocycles. The standard InChI is InChI=1S/C12H13BrN4O2/c1-16-8-10(7-15-16)6-14-5-9-2-3-11(13)12(4-9)17(18)19/h2-4,7-8,14H,5-6H2,1H3. The lowest BCUT2D eigenvalue weighted by atomic mass is 10.2. The average molecular weight is 325 g/mol. The van der Waals surface area contributed by atoms with Gasteiger partial charge in [0.2, 0.25) is 0 Å². The average Bonchev–Trinajstić information content (AvgIpc) is 2.77. The molecule has 1 heterocycles. The highest BCUT2D eigenvalue weighted by Crippen LogP contribution is 2.25. The van der Waals surface area contributed by atoms with Gasteiger partial charge in [0.15, 0.2) is 0 Å². The van der Waals surface area contributed by atoms with E-state index < -0.39 is 4.92 Å². The second-order valence-corrected chi connectivity index (χ2v) is 5.02. The molecular weight excluding hydrogens is 312 g/mol. The van der Waals surface area contributed by atoms with Crippen molar-refractivity contribution < 1.29 is 4.92 Å². The number of nitrogens with one attached hydrogen (secondary N) is 1. The Morgan fingerprint density at radius 3 is 2.79 bits per heavy atom. The fourth-order valence-corrected chi connectivity index (χ4v) is 2.11. The van der Waals surface area contributed by atoms with Crippen LogP contribution < -0.4 is 5.32 Å². The van der Waals surface area contributed by atoms with Crippen LogP contribution >= 0.6 is 15.9 Å². The summed E-state index contributed by atoms with van der Waals surface area (Å²) in [6.07, 6.45) is 3.72. The molecule has 2 rings (SSSR count). The van der Waals surface area contributed by atoms with E-state index in [1.54, 1.807) is 23.0 Å². The molecule has 0 aliphatic heterocycles. The van der Waals surface area contributed by atoms with Crippen LogP contribution in [0.1, 0.15) is 11.1 Å². The molecule has 1 N–H and O–H groups in total. The summed E-state index contributed by atoms with van der Waals surface area (Å²) in [4.78, 5) is 10.4. The zero-order chi connectivity index (χ0) is 13.8. The molecule has 0 unspecified atom stereocenters. The van der Waals surface area contributed by atoms with E-state index in [0.717, 1.165) is 11.1 Å². The monoisotopic (exact) mass is 324 g/mol. The summed E-state index contributed by atoms with van der Waals surface area (Å²) in [6, 6.07) is 5.12. The highest BCUT2D eigenvalue weighted by atomic mass is 79.9. The fourth-order valence-electron chi connectivity index (χ4n) is 1.72. The van der Waals surface area contributed by atoms with Crippen molar-refractivity contribution in [3.63, 3.8) is 0 Å². The number of aryl methyl sites for hydroxylation is 1. The van der Waals surface area contributed by atoms with E-state index in [9.17, 15) is 10.1 Å². The van der Waals surface area contributed by atoms with Crippen molar-refractivity contribution >= 4 is 21.6 Å². The Kier molecular flexibility index (Phi) is 4.28. The normalized spacial score (nSPS) is 10.6. The first kappa shape index (κ1) is 13.7. The molecule has 1 aromatic heterocycles. The Morgan fingerprint density at radius 1 is 1.42 bits per heavy atom. The summed E-state index contributed by atoms with van der Waals surface area (Å²) in [5, 5.41) is 18.1. The molecule has 7 heteroatoms. The number of halogens is 1. The third kappa shape index (κ3) is 3.62. The summed E-state index contributed by atoms with van der Waals surface area (Å²) >= 11 is 3.17. The number of nitrogens with zero attached hydrogens (tertiary/aromatic N) is 3. The van der Waals surface area contributed by atoms with Crippen molar-refractivity contribution in [1.29, 1.82) is 0 Å². The Bertz CT molecular complexity index is 597. The first-order chi connectivity index (χ1) is 9.06. The molecule has 0 atom stereocenters. The number of aromatic nitrogens is 2. The van der Waals surface area contributed by atoms with Gasteiger partial charge in [0, 0.05) is 38.0 Å². The lowest BCUT2D eigenvalue weighted by Crippen LogP contribution is -2.12. The van der Waals surface area contributed by atoms with Gasteiger partial charge in [-0.15, -0.1) is 0 Å². The molecule has 0 fully saturated rings. The highest BCUT2D eigenvalue weighted by Gasteiger charge is 2.11.